The fourth-order valence-corrected chi connectivity index (χ4v) is 3.54. The normalized spacial score (nSPS) is 11.1. The minimum absolute atomic E-state index is 0.260. The number of anilines is 2. The van der Waals surface area contributed by atoms with E-state index in [2.05, 4.69) is 15.0 Å². The molecule has 2 N–H and O–H groups in total. The number of pyridine rings is 1. The average Bonchev–Trinajstić information content (AvgIpc) is 3.04. The fraction of sp³-hybridized carbons (Fsp3) is 0.0588. The van der Waals surface area contributed by atoms with Gasteiger partial charge in [0.2, 0.25) is 10.0 Å². The third-order valence-corrected chi connectivity index (χ3v) is 4.74. The van der Waals surface area contributed by atoms with Gasteiger partial charge in [0, 0.05) is 22.8 Å². The highest BCUT2D eigenvalue weighted by molar-refractivity contribution is 7.92. The predicted octanol–water partition coefficient (Wildman–Crippen LogP) is 3.43. The lowest BCUT2D eigenvalue weighted by Crippen LogP contribution is -2.12. The Kier molecular flexibility index (Phi) is 4.82. The smallest absolute Gasteiger partial charge is 0.265 e. The largest absolute Gasteiger partial charge is 0.321 e. The number of nitrogens with one attached hydrogen (secondary N) is 2. The second-order valence-electron chi connectivity index (χ2n) is 5.32. The van der Waals surface area contributed by atoms with E-state index >= 15 is 0 Å². The summed E-state index contributed by atoms with van der Waals surface area (Å²) in [5.74, 6) is -0.260. The Bertz CT molecular complexity index is 999. The number of amides is 1. The highest BCUT2D eigenvalue weighted by atomic mass is 32.2. The minimum Gasteiger partial charge on any atom is -0.321 e. The Morgan fingerprint density at radius 1 is 1.08 bits per heavy atom. The average molecular weight is 373 g/mol. The van der Waals surface area contributed by atoms with Gasteiger partial charge in [-0.05, 0) is 36.4 Å². The van der Waals surface area contributed by atoms with Crippen LogP contribution in [0.15, 0.2) is 60.1 Å². The van der Waals surface area contributed by atoms with Crippen LogP contribution in [-0.2, 0) is 10.0 Å². The van der Waals surface area contributed by atoms with E-state index in [1.54, 1.807) is 36.5 Å². The molecule has 0 bridgehead atoms. The summed E-state index contributed by atoms with van der Waals surface area (Å²) in [5, 5.41) is 4.64. The van der Waals surface area contributed by atoms with Crippen LogP contribution < -0.4 is 10.0 Å². The summed E-state index contributed by atoms with van der Waals surface area (Å²) in [6.45, 7) is 0. The molecule has 0 saturated heterocycles. The quantitative estimate of drug-likeness (QED) is 0.717. The number of benzene rings is 1. The van der Waals surface area contributed by atoms with Crippen molar-refractivity contribution in [1.82, 2.24) is 4.98 Å². The Balaban J connectivity index is 1.75. The van der Waals surface area contributed by atoms with Crippen LogP contribution in [0.25, 0.3) is 11.3 Å². The zero-order valence-corrected chi connectivity index (χ0v) is 14.9. The first-order valence-corrected chi connectivity index (χ1v) is 10.1. The molecule has 0 aliphatic carbocycles. The van der Waals surface area contributed by atoms with Crippen molar-refractivity contribution >= 4 is 38.6 Å². The van der Waals surface area contributed by atoms with Gasteiger partial charge in [0.05, 0.1) is 22.5 Å². The van der Waals surface area contributed by atoms with Crippen LogP contribution in [0.5, 0.6) is 0 Å². The molecule has 25 heavy (non-hydrogen) atoms. The fourth-order valence-electron chi connectivity index (χ4n) is 2.19. The maximum Gasteiger partial charge on any atom is 0.265 e. The first-order valence-electron chi connectivity index (χ1n) is 7.30. The van der Waals surface area contributed by atoms with E-state index < -0.39 is 10.0 Å². The topological polar surface area (TPSA) is 88.2 Å². The summed E-state index contributed by atoms with van der Waals surface area (Å²) in [6, 6.07) is 13.9. The Labute approximate surface area is 149 Å². The third kappa shape index (κ3) is 4.65. The zero-order valence-electron chi connectivity index (χ0n) is 13.3. The molecule has 6 nitrogen and oxygen atoms in total. The van der Waals surface area contributed by atoms with Crippen molar-refractivity contribution in [2.75, 3.05) is 16.3 Å². The van der Waals surface area contributed by atoms with Crippen LogP contribution in [0.3, 0.4) is 0 Å². The van der Waals surface area contributed by atoms with Gasteiger partial charge >= 0.3 is 0 Å². The van der Waals surface area contributed by atoms with E-state index in [-0.39, 0.29) is 5.91 Å². The maximum atomic E-state index is 12.4. The van der Waals surface area contributed by atoms with Crippen LogP contribution in [0.2, 0.25) is 0 Å². The van der Waals surface area contributed by atoms with Gasteiger partial charge in [0.25, 0.3) is 5.91 Å². The molecular weight excluding hydrogens is 358 g/mol. The van der Waals surface area contributed by atoms with Crippen molar-refractivity contribution in [2.45, 2.75) is 0 Å². The summed E-state index contributed by atoms with van der Waals surface area (Å²) < 4.78 is 25.0. The monoisotopic (exact) mass is 373 g/mol. The lowest BCUT2D eigenvalue weighted by atomic mass is 10.2. The van der Waals surface area contributed by atoms with Gasteiger partial charge in [-0.25, -0.2) is 8.42 Å². The molecule has 1 aromatic carbocycles. The predicted molar refractivity (Wildman–Crippen MR) is 100 cm³/mol. The molecule has 8 heteroatoms. The molecule has 3 rings (SSSR count). The van der Waals surface area contributed by atoms with E-state index in [1.807, 2.05) is 23.6 Å². The summed E-state index contributed by atoms with van der Waals surface area (Å²) in [6.07, 6.45) is 2.77. The molecule has 2 heterocycles. The van der Waals surface area contributed by atoms with E-state index in [4.69, 9.17) is 0 Å². The summed E-state index contributed by atoms with van der Waals surface area (Å²) in [7, 11) is -3.37. The third-order valence-electron chi connectivity index (χ3n) is 3.21. The second-order valence-corrected chi connectivity index (χ2v) is 7.98. The van der Waals surface area contributed by atoms with E-state index in [0.29, 0.717) is 16.3 Å². The van der Waals surface area contributed by atoms with Gasteiger partial charge in [0.1, 0.15) is 0 Å². The Morgan fingerprint density at radius 2 is 1.88 bits per heavy atom. The first-order chi connectivity index (χ1) is 11.9. The highest BCUT2D eigenvalue weighted by Crippen LogP contribution is 2.25. The summed E-state index contributed by atoms with van der Waals surface area (Å²) >= 11 is 1.32. The van der Waals surface area contributed by atoms with Gasteiger partial charge < -0.3 is 5.32 Å². The van der Waals surface area contributed by atoms with Crippen LogP contribution >= 0.6 is 11.3 Å². The molecule has 0 aliphatic rings. The van der Waals surface area contributed by atoms with Crippen LogP contribution in [0.4, 0.5) is 11.4 Å². The molecule has 1 amide bonds. The Morgan fingerprint density at radius 3 is 2.60 bits per heavy atom. The number of hydrogen-bond acceptors (Lipinski definition) is 5. The molecule has 3 aromatic rings. The number of carbonyl (C=O) groups is 1. The van der Waals surface area contributed by atoms with Crippen LogP contribution in [-0.4, -0.2) is 25.6 Å². The lowest BCUT2D eigenvalue weighted by molar-refractivity contribution is 0.103. The van der Waals surface area contributed by atoms with E-state index in [1.165, 1.54) is 11.3 Å². The molecule has 2 aromatic heterocycles. The van der Waals surface area contributed by atoms with Gasteiger partial charge in [0.15, 0.2) is 0 Å². The maximum absolute atomic E-state index is 12.4. The van der Waals surface area contributed by atoms with Crippen molar-refractivity contribution in [3.8, 4) is 11.3 Å². The van der Waals surface area contributed by atoms with Crippen molar-refractivity contribution in [3.05, 3.63) is 65.0 Å². The molecule has 0 atom stereocenters. The number of nitrogens with zero attached hydrogens (tertiary/aromatic N) is 1. The first kappa shape index (κ1) is 17.1. The number of hydrogen-bond donors (Lipinski definition) is 2. The molecule has 0 saturated carbocycles. The molecule has 0 spiro atoms. The summed E-state index contributed by atoms with van der Waals surface area (Å²) in [5.41, 5.74) is 2.58. The standard InChI is InChI=1S/C17H15N3O3S2/c1-25(22,23)20-14-6-4-5-13(10-14)19-17(21)16-9-12(11-24-16)15-7-2-3-8-18-15/h2-11,20H,1H3,(H,19,21). The summed E-state index contributed by atoms with van der Waals surface area (Å²) in [4.78, 5) is 17.2. The molecule has 0 radical (unpaired) electrons. The van der Waals surface area contributed by atoms with Crippen molar-refractivity contribution in [2.24, 2.45) is 0 Å². The van der Waals surface area contributed by atoms with Crippen molar-refractivity contribution < 1.29 is 13.2 Å². The molecule has 0 fully saturated rings. The molecule has 0 aliphatic heterocycles. The molecule has 0 unspecified atom stereocenters. The van der Waals surface area contributed by atoms with Gasteiger partial charge in [-0.15, -0.1) is 11.3 Å². The number of rotatable bonds is 5. The SMILES string of the molecule is CS(=O)(=O)Nc1cccc(NC(=O)c2cc(-c3ccccn3)cs2)c1. The van der Waals surface area contributed by atoms with E-state index in [0.717, 1.165) is 17.5 Å². The van der Waals surface area contributed by atoms with Gasteiger partial charge in [-0.3, -0.25) is 14.5 Å². The minimum atomic E-state index is -3.37. The van der Waals surface area contributed by atoms with Crippen molar-refractivity contribution in [3.63, 3.8) is 0 Å². The van der Waals surface area contributed by atoms with Gasteiger partial charge in [-0.1, -0.05) is 12.1 Å². The molecular formula is C17H15N3O3S2. The van der Waals surface area contributed by atoms with E-state index in [9.17, 15) is 13.2 Å². The number of thiophene rings is 1. The van der Waals surface area contributed by atoms with Crippen molar-refractivity contribution in [1.29, 1.82) is 0 Å². The number of aromatic nitrogens is 1. The molecule has 128 valence electrons. The number of sulfonamides is 1. The van der Waals surface area contributed by atoms with Crippen LogP contribution in [0, 0.1) is 0 Å². The highest BCUT2D eigenvalue weighted by Gasteiger charge is 2.11. The number of carbonyl (C=O) groups excluding carboxylic acids is 1. The van der Waals surface area contributed by atoms with Crippen LogP contribution in [0.1, 0.15) is 9.67 Å². The zero-order chi connectivity index (χ0) is 17.9. The van der Waals surface area contributed by atoms with Gasteiger partial charge in [-0.2, -0.15) is 0 Å². The lowest BCUT2D eigenvalue weighted by Gasteiger charge is -2.07. The second kappa shape index (κ2) is 7.04. The Hall–Kier alpha value is -2.71.